The van der Waals surface area contributed by atoms with Gasteiger partial charge in [0, 0.05) is 11.1 Å². The van der Waals surface area contributed by atoms with Crippen LogP contribution < -0.4 is 0 Å². The number of H-pyrrole nitrogens is 1. The Bertz CT molecular complexity index is 1100. The molecule has 0 atom stereocenters. The predicted molar refractivity (Wildman–Crippen MR) is 96.0 cm³/mol. The molecule has 1 saturated heterocycles. The quantitative estimate of drug-likeness (QED) is 0.564. The van der Waals surface area contributed by atoms with Crippen LogP contribution in [0, 0.1) is 0 Å². The molecule has 1 spiro atoms. The van der Waals surface area contributed by atoms with Crippen LogP contribution in [-0.2, 0) is 29.5 Å². The lowest BCUT2D eigenvalue weighted by atomic mass is 9.85. The summed E-state index contributed by atoms with van der Waals surface area (Å²) in [5.74, 6) is -4.99. The number of fused-ring (bicyclic) bond motifs is 4. The normalized spacial score (nSPS) is 16.0. The number of methoxy groups -OCH3 is 3. The molecule has 0 unspecified atom stereocenters. The van der Waals surface area contributed by atoms with Crippen molar-refractivity contribution in [2.45, 2.75) is 5.79 Å². The van der Waals surface area contributed by atoms with E-state index < -0.39 is 29.5 Å². The fourth-order valence-corrected chi connectivity index (χ4v) is 3.55. The van der Waals surface area contributed by atoms with Gasteiger partial charge in [0.2, 0.25) is 5.78 Å². The molecule has 11 nitrogen and oxygen atoms in total. The van der Waals surface area contributed by atoms with E-state index >= 15 is 0 Å². The molecule has 0 aromatic carbocycles. The first kappa shape index (κ1) is 19.7. The molecule has 156 valence electrons. The van der Waals surface area contributed by atoms with Gasteiger partial charge in [-0.15, -0.1) is 0 Å². The number of aromatic nitrogens is 2. The maximum absolute atomic E-state index is 13.4. The molecule has 2 aliphatic rings. The van der Waals surface area contributed by atoms with E-state index in [-0.39, 0.29) is 52.7 Å². The van der Waals surface area contributed by atoms with Crippen LogP contribution in [0.25, 0.3) is 11.3 Å². The molecule has 0 saturated carbocycles. The molecular weight excluding hydrogens is 400 g/mol. The Hall–Kier alpha value is -3.57. The second-order valence-electron chi connectivity index (χ2n) is 6.37. The Morgan fingerprint density at radius 3 is 2.23 bits per heavy atom. The minimum Gasteiger partial charge on any atom is -0.465 e. The topological polar surface area (TPSA) is 143 Å². The molecule has 1 aliphatic carbocycles. The Morgan fingerprint density at radius 2 is 1.63 bits per heavy atom. The van der Waals surface area contributed by atoms with Crippen LogP contribution in [0.2, 0.25) is 0 Å². The highest BCUT2D eigenvalue weighted by atomic mass is 16.7. The van der Waals surface area contributed by atoms with Crippen molar-refractivity contribution in [2.75, 3.05) is 34.5 Å². The van der Waals surface area contributed by atoms with Crippen LogP contribution in [-0.4, -0.2) is 68.2 Å². The molecule has 30 heavy (non-hydrogen) atoms. The number of hydrogen-bond donors (Lipinski definition) is 1. The Kier molecular flexibility index (Phi) is 4.63. The third-order valence-corrected chi connectivity index (χ3v) is 4.85. The lowest BCUT2D eigenvalue weighted by molar-refractivity contribution is -0.126. The van der Waals surface area contributed by atoms with Gasteiger partial charge in [0.05, 0.1) is 45.8 Å². The van der Waals surface area contributed by atoms with E-state index in [4.69, 9.17) is 18.9 Å². The lowest BCUT2D eigenvalue weighted by Crippen LogP contribution is -2.41. The summed E-state index contributed by atoms with van der Waals surface area (Å²) in [5.41, 5.74) is -0.216. The maximum atomic E-state index is 13.4. The summed E-state index contributed by atoms with van der Waals surface area (Å²) in [4.78, 5) is 57.1. The van der Waals surface area contributed by atoms with Gasteiger partial charge in [0.15, 0.2) is 0 Å². The van der Waals surface area contributed by atoms with Gasteiger partial charge >= 0.3 is 17.9 Å². The number of ketones is 1. The molecule has 0 amide bonds. The van der Waals surface area contributed by atoms with Gasteiger partial charge in [-0.3, -0.25) is 4.79 Å². The first-order valence-electron chi connectivity index (χ1n) is 8.74. The largest absolute Gasteiger partial charge is 0.465 e. The third-order valence-electron chi connectivity index (χ3n) is 4.85. The lowest BCUT2D eigenvalue weighted by Gasteiger charge is -2.31. The Labute approximate surface area is 169 Å². The van der Waals surface area contributed by atoms with Crippen molar-refractivity contribution >= 4 is 23.7 Å². The zero-order valence-electron chi connectivity index (χ0n) is 16.2. The third kappa shape index (κ3) is 2.63. The minimum absolute atomic E-state index is 0.00878. The molecule has 0 radical (unpaired) electrons. The summed E-state index contributed by atoms with van der Waals surface area (Å²) in [6.07, 6.45) is 0. The van der Waals surface area contributed by atoms with E-state index in [1.807, 2.05) is 0 Å². The van der Waals surface area contributed by atoms with Crippen molar-refractivity contribution < 1.29 is 42.9 Å². The molecule has 3 heterocycles. The highest BCUT2D eigenvalue weighted by Gasteiger charge is 2.54. The van der Waals surface area contributed by atoms with Gasteiger partial charge in [-0.1, -0.05) is 0 Å². The number of aromatic amines is 1. The molecule has 2 aromatic heterocycles. The molecule has 0 bridgehead atoms. The van der Waals surface area contributed by atoms with Gasteiger partial charge in [-0.25, -0.2) is 19.4 Å². The summed E-state index contributed by atoms with van der Waals surface area (Å²) in [6, 6.07) is 2.52. The standard InChI is InChI=1S/C19H16N2O9/c1-26-16(23)8-6-10(17(24)27-2)21-14-12(8)13-9(7-11(20-13)18(25)28-3)19(15(14)22)29-4-5-30-19/h6-7,20H,4-5H2,1-3H3. The van der Waals surface area contributed by atoms with Crippen LogP contribution in [0.5, 0.6) is 0 Å². The molecular formula is C19H16N2O9. The van der Waals surface area contributed by atoms with Crippen molar-refractivity contribution in [1.29, 1.82) is 0 Å². The zero-order chi connectivity index (χ0) is 21.6. The number of carbonyl (C=O) groups is 4. The van der Waals surface area contributed by atoms with Crippen molar-refractivity contribution in [3.63, 3.8) is 0 Å². The number of hydrogen-bond acceptors (Lipinski definition) is 10. The minimum atomic E-state index is -1.87. The average Bonchev–Trinajstić information content (AvgIpc) is 3.43. The summed E-state index contributed by atoms with van der Waals surface area (Å²) in [5, 5.41) is 0. The van der Waals surface area contributed by atoms with Crippen molar-refractivity contribution in [2.24, 2.45) is 0 Å². The second kappa shape index (κ2) is 7.04. The number of nitrogens with zero attached hydrogens (tertiary/aromatic N) is 1. The van der Waals surface area contributed by atoms with E-state index in [2.05, 4.69) is 14.7 Å². The predicted octanol–water partition coefficient (Wildman–Crippen LogP) is 0.832. The summed E-state index contributed by atoms with van der Waals surface area (Å²) >= 11 is 0. The number of Topliss-reactive ketones (excluding diaryl/α,β-unsaturated/α-hetero) is 1. The van der Waals surface area contributed by atoms with Gasteiger partial charge in [-0.05, 0) is 12.1 Å². The van der Waals surface area contributed by atoms with E-state index in [9.17, 15) is 19.2 Å². The van der Waals surface area contributed by atoms with E-state index in [1.54, 1.807) is 0 Å². The van der Waals surface area contributed by atoms with Crippen molar-refractivity contribution in [3.05, 3.63) is 40.3 Å². The highest BCUT2D eigenvalue weighted by molar-refractivity contribution is 6.15. The Balaban J connectivity index is 2.07. The molecule has 1 N–H and O–H groups in total. The summed E-state index contributed by atoms with van der Waals surface area (Å²) in [7, 11) is 3.49. The van der Waals surface area contributed by atoms with Crippen LogP contribution in [0.1, 0.15) is 47.4 Å². The van der Waals surface area contributed by atoms with Crippen LogP contribution >= 0.6 is 0 Å². The molecule has 11 heteroatoms. The SMILES string of the molecule is COC(=O)c1cc(C(=O)OC)c2c(n1)C(=O)C1(OCCO1)c1cc(C(=O)OC)[nH]c1-2. The van der Waals surface area contributed by atoms with Gasteiger partial charge in [0.1, 0.15) is 17.1 Å². The summed E-state index contributed by atoms with van der Waals surface area (Å²) < 4.78 is 25.5. The molecule has 4 rings (SSSR count). The van der Waals surface area contributed by atoms with E-state index in [0.29, 0.717) is 0 Å². The van der Waals surface area contributed by atoms with Gasteiger partial charge in [0.25, 0.3) is 5.79 Å². The molecule has 2 aromatic rings. The molecule has 1 aliphatic heterocycles. The van der Waals surface area contributed by atoms with E-state index in [1.165, 1.54) is 13.2 Å². The molecule has 1 fully saturated rings. The number of ether oxygens (including phenoxy) is 5. The number of rotatable bonds is 3. The fraction of sp³-hybridized carbons (Fsp3) is 0.316. The second-order valence-corrected chi connectivity index (χ2v) is 6.37. The number of esters is 3. The highest BCUT2D eigenvalue weighted by Crippen LogP contribution is 2.47. The van der Waals surface area contributed by atoms with Crippen molar-refractivity contribution in [1.82, 2.24) is 9.97 Å². The van der Waals surface area contributed by atoms with Crippen LogP contribution in [0.3, 0.4) is 0 Å². The van der Waals surface area contributed by atoms with Crippen molar-refractivity contribution in [3.8, 4) is 11.3 Å². The fourth-order valence-electron chi connectivity index (χ4n) is 3.55. The maximum Gasteiger partial charge on any atom is 0.356 e. The monoisotopic (exact) mass is 416 g/mol. The zero-order valence-corrected chi connectivity index (χ0v) is 16.2. The summed E-state index contributed by atoms with van der Waals surface area (Å²) in [6.45, 7) is 0.222. The first-order chi connectivity index (χ1) is 14.4. The van der Waals surface area contributed by atoms with E-state index in [0.717, 1.165) is 20.3 Å². The Morgan fingerprint density at radius 1 is 1.00 bits per heavy atom. The first-order valence-corrected chi connectivity index (χ1v) is 8.74. The number of carbonyl (C=O) groups excluding carboxylic acids is 4. The van der Waals surface area contributed by atoms with Gasteiger partial charge < -0.3 is 28.7 Å². The van der Waals surface area contributed by atoms with Crippen LogP contribution in [0.15, 0.2) is 12.1 Å². The number of pyridine rings is 1. The smallest absolute Gasteiger partial charge is 0.356 e. The van der Waals surface area contributed by atoms with Crippen LogP contribution in [0.4, 0.5) is 0 Å². The van der Waals surface area contributed by atoms with Gasteiger partial charge in [-0.2, -0.15) is 0 Å². The average molecular weight is 416 g/mol. The number of nitrogens with one attached hydrogen (secondary N) is 1.